The highest BCUT2D eigenvalue weighted by Crippen LogP contribution is 2.22. The highest BCUT2D eigenvalue weighted by atomic mass is 16.4. The number of carbonyl (C=O) groups is 1. The molecule has 4 nitrogen and oxygen atoms in total. The second kappa shape index (κ2) is 5.40. The van der Waals surface area contributed by atoms with Crippen LogP contribution in [0, 0.1) is 0 Å². The van der Waals surface area contributed by atoms with Crippen molar-refractivity contribution in [2.75, 3.05) is 32.1 Å². The number of anilines is 1. The van der Waals surface area contributed by atoms with Gasteiger partial charge in [-0.3, -0.25) is 0 Å². The average Bonchev–Trinajstić information content (AvgIpc) is 2.39. The van der Waals surface area contributed by atoms with Gasteiger partial charge in [0.15, 0.2) is 0 Å². The molecule has 1 aliphatic heterocycles. The second-order valence-corrected chi connectivity index (χ2v) is 5.04. The van der Waals surface area contributed by atoms with Crippen LogP contribution in [0.2, 0.25) is 0 Å². The summed E-state index contributed by atoms with van der Waals surface area (Å²) in [5, 5.41) is 9.00. The number of carboxylic acids is 1. The summed E-state index contributed by atoms with van der Waals surface area (Å²) in [6.45, 7) is 1.98. The van der Waals surface area contributed by atoms with Gasteiger partial charge in [-0.1, -0.05) is 6.07 Å². The molecule has 0 amide bonds. The van der Waals surface area contributed by atoms with Crippen molar-refractivity contribution in [1.29, 1.82) is 0 Å². The smallest absolute Gasteiger partial charge is 0.335 e. The zero-order valence-corrected chi connectivity index (χ0v) is 11.0. The van der Waals surface area contributed by atoms with Crippen molar-refractivity contribution in [3.05, 3.63) is 29.8 Å². The van der Waals surface area contributed by atoms with Crippen LogP contribution in [0.4, 0.5) is 5.69 Å². The van der Waals surface area contributed by atoms with E-state index in [0.29, 0.717) is 11.6 Å². The molecular formula is C14H20N2O2. The maximum atomic E-state index is 11.0. The van der Waals surface area contributed by atoms with Crippen LogP contribution in [0.1, 0.15) is 23.2 Å². The highest BCUT2D eigenvalue weighted by Gasteiger charge is 2.21. The number of hydrogen-bond donors (Lipinski definition) is 1. The molecule has 0 spiro atoms. The van der Waals surface area contributed by atoms with Crippen molar-refractivity contribution in [1.82, 2.24) is 4.90 Å². The molecule has 4 heteroatoms. The number of carboxylic acid groups (broad SMARTS) is 1. The molecule has 0 radical (unpaired) electrons. The molecule has 1 N–H and O–H groups in total. The maximum absolute atomic E-state index is 11.0. The molecule has 0 aromatic heterocycles. The molecule has 1 fully saturated rings. The number of rotatable bonds is 3. The molecule has 1 heterocycles. The molecular weight excluding hydrogens is 228 g/mol. The molecule has 0 unspecified atom stereocenters. The van der Waals surface area contributed by atoms with Crippen molar-refractivity contribution in [2.24, 2.45) is 0 Å². The molecule has 18 heavy (non-hydrogen) atoms. The fourth-order valence-corrected chi connectivity index (χ4v) is 2.48. The number of hydrogen-bond acceptors (Lipinski definition) is 3. The average molecular weight is 248 g/mol. The first-order chi connectivity index (χ1) is 8.58. The lowest BCUT2D eigenvalue weighted by Gasteiger charge is -2.36. The molecule has 1 aromatic rings. The van der Waals surface area contributed by atoms with Gasteiger partial charge in [0.05, 0.1) is 5.56 Å². The van der Waals surface area contributed by atoms with Gasteiger partial charge in [0.1, 0.15) is 0 Å². The zero-order chi connectivity index (χ0) is 13.1. The van der Waals surface area contributed by atoms with E-state index in [1.54, 1.807) is 12.1 Å². The first kappa shape index (κ1) is 12.9. The Bertz CT molecular complexity index is 424. The van der Waals surface area contributed by atoms with Crippen molar-refractivity contribution >= 4 is 11.7 Å². The van der Waals surface area contributed by atoms with Crippen molar-refractivity contribution < 1.29 is 9.90 Å². The summed E-state index contributed by atoms with van der Waals surface area (Å²) in [7, 11) is 4.23. The lowest BCUT2D eigenvalue weighted by Crippen LogP contribution is -2.42. The van der Waals surface area contributed by atoms with Crippen LogP contribution in [-0.2, 0) is 0 Å². The van der Waals surface area contributed by atoms with Crippen LogP contribution < -0.4 is 4.90 Å². The standard InChI is InChI=1S/C14H20N2O2/c1-15(2)12-6-8-16(9-7-12)13-5-3-4-11(10-13)14(17)18/h3-5,10,12H,6-9H2,1-2H3,(H,17,18). The largest absolute Gasteiger partial charge is 0.478 e. The Morgan fingerprint density at radius 3 is 2.56 bits per heavy atom. The Kier molecular flexibility index (Phi) is 3.87. The van der Waals surface area contributed by atoms with Gasteiger partial charge in [0, 0.05) is 24.8 Å². The lowest BCUT2D eigenvalue weighted by atomic mass is 10.0. The zero-order valence-electron chi connectivity index (χ0n) is 11.0. The number of benzene rings is 1. The van der Waals surface area contributed by atoms with Crippen molar-refractivity contribution in [3.8, 4) is 0 Å². The third-order valence-corrected chi connectivity index (χ3v) is 3.65. The summed E-state index contributed by atoms with van der Waals surface area (Å²) in [4.78, 5) is 15.5. The van der Waals surface area contributed by atoms with Gasteiger partial charge in [0.2, 0.25) is 0 Å². The summed E-state index contributed by atoms with van der Waals surface area (Å²) in [5.74, 6) is -0.861. The third kappa shape index (κ3) is 2.82. The molecule has 98 valence electrons. The van der Waals surface area contributed by atoms with Gasteiger partial charge >= 0.3 is 5.97 Å². The van der Waals surface area contributed by atoms with E-state index in [2.05, 4.69) is 23.9 Å². The highest BCUT2D eigenvalue weighted by molar-refractivity contribution is 5.88. The topological polar surface area (TPSA) is 43.8 Å². The minimum Gasteiger partial charge on any atom is -0.478 e. The third-order valence-electron chi connectivity index (χ3n) is 3.65. The molecule has 0 bridgehead atoms. The SMILES string of the molecule is CN(C)C1CCN(c2cccc(C(=O)O)c2)CC1. The van der Waals surface area contributed by atoms with E-state index in [4.69, 9.17) is 5.11 Å². The minimum atomic E-state index is -0.861. The van der Waals surface area contributed by atoms with Crippen LogP contribution >= 0.6 is 0 Å². The lowest BCUT2D eigenvalue weighted by molar-refractivity contribution is 0.0697. The molecule has 1 aliphatic rings. The van der Waals surface area contributed by atoms with Gasteiger partial charge in [-0.2, -0.15) is 0 Å². The summed E-state index contributed by atoms with van der Waals surface area (Å²) >= 11 is 0. The van der Waals surface area contributed by atoms with E-state index in [-0.39, 0.29) is 0 Å². The van der Waals surface area contributed by atoms with E-state index in [0.717, 1.165) is 31.6 Å². The molecule has 0 atom stereocenters. The fourth-order valence-electron chi connectivity index (χ4n) is 2.48. The van der Waals surface area contributed by atoms with Gasteiger partial charge in [-0.05, 0) is 45.1 Å². The van der Waals surface area contributed by atoms with Crippen molar-refractivity contribution in [2.45, 2.75) is 18.9 Å². The van der Waals surface area contributed by atoms with Gasteiger partial charge in [-0.25, -0.2) is 4.79 Å². The minimum absolute atomic E-state index is 0.363. The molecule has 1 saturated heterocycles. The molecule has 1 aromatic carbocycles. The number of aromatic carboxylic acids is 1. The van der Waals surface area contributed by atoms with E-state index in [1.165, 1.54) is 0 Å². The normalized spacial score (nSPS) is 17.2. The summed E-state index contributed by atoms with van der Waals surface area (Å²) < 4.78 is 0. The summed E-state index contributed by atoms with van der Waals surface area (Å²) in [6.07, 6.45) is 2.26. The Balaban J connectivity index is 2.05. The summed E-state index contributed by atoms with van der Waals surface area (Å²) in [6, 6.07) is 7.85. The Hall–Kier alpha value is -1.55. The monoisotopic (exact) mass is 248 g/mol. The van der Waals surface area contributed by atoms with Crippen LogP contribution in [0.3, 0.4) is 0 Å². The number of nitrogens with zero attached hydrogens (tertiary/aromatic N) is 2. The molecule has 2 rings (SSSR count). The van der Waals surface area contributed by atoms with E-state index in [9.17, 15) is 4.79 Å². The maximum Gasteiger partial charge on any atom is 0.335 e. The van der Waals surface area contributed by atoms with Crippen LogP contribution in [0.15, 0.2) is 24.3 Å². The van der Waals surface area contributed by atoms with Crippen LogP contribution in [0.5, 0.6) is 0 Å². The van der Waals surface area contributed by atoms with Gasteiger partial charge < -0.3 is 14.9 Å². The first-order valence-corrected chi connectivity index (χ1v) is 6.32. The van der Waals surface area contributed by atoms with E-state index >= 15 is 0 Å². The van der Waals surface area contributed by atoms with Crippen LogP contribution in [-0.4, -0.2) is 49.2 Å². The van der Waals surface area contributed by atoms with E-state index < -0.39 is 5.97 Å². The Labute approximate surface area is 108 Å². The summed E-state index contributed by atoms with van der Waals surface area (Å²) in [5.41, 5.74) is 1.38. The van der Waals surface area contributed by atoms with Crippen molar-refractivity contribution in [3.63, 3.8) is 0 Å². The molecule has 0 aliphatic carbocycles. The Morgan fingerprint density at radius 1 is 1.33 bits per heavy atom. The second-order valence-electron chi connectivity index (χ2n) is 5.04. The van der Waals surface area contributed by atoms with Gasteiger partial charge in [-0.15, -0.1) is 0 Å². The fraction of sp³-hybridized carbons (Fsp3) is 0.500. The first-order valence-electron chi connectivity index (χ1n) is 6.32. The van der Waals surface area contributed by atoms with E-state index in [1.807, 2.05) is 12.1 Å². The predicted octanol–water partition coefficient (Wildman–Crippen LogP) is 1.92. The number of piperidine rings is 1. The Morgan fingerprint density at radius 2 is 2.00 bits per heavy atom. The predicted molar refractivity (Wildman–Crippen MR) is 72.3 cm³/mol. The van der Waals surface area contributed by atoms with Crippen LogP contribution in [0.25, 0.3) is 0 Å². The molecule has 0 saturated carbocycles. The van der Waals surface area contributed by atoms with Gasteiger partial charge in [0.25, 0.3) is 0 Å². The quantitative estimate of drug-likeness (QED) is 0.887.